The molecule has 1 aliphatic heterocycles. The summed E-state index contributed by atoms with van der Waals surface area (Å²) in [6, 6.07) is 1.13. The molecule has 2 aromatic heterocycles. The van der Waals surface area contributed by atoms with Gasteiger partial charge in [-0.3, -0.25) is 14.3 Å². The number of carbonyl (C=O) groups excluding carboxylic acids is 1. The second-order valence-electron chi connectivity index (χ2n) is 7.50. The molecule has 1 saturated heterocycles. The summed E-state index contributed by atoms with van der Waals surface area (Å²) in [5.41, 5.74) is 1.91. The quantitative estimate of drug-likeness (QED) is 0.692. The van der Waals surface area contributed by atoms with E-state index in [9.17, 15) is 23.1 Å². The van der Waals surface area contributed by atoms with Gasteiger partial charge in [-0.05, 0) is 33.3 Å². The molecule has 0 saturated carbocycles. The van der Waals surface area contributed by atoms with Crippen LogP contribution in [0.2, 0.25) is 0 Å². The first-order chi connectivity index (χ1) is 13.5. The number of aromatic hydroxyl groups is 1. The van der Waals surface area contributed by atoms with E-state index in [2.05, 4.69) is 10.1 Å². The maximum atomic E-state index is 12.6. The summed E-state index contributed by atoms with van der Waals surface area (Å²) in [4.78, 5) is 27.4. The minimum atomic E-state index is -3.11. The molecule has 29 heavy (non-hydrogen) atoms. The number of H-pyrrole nitrogens is 1. The Morgan fingerprint density at radius 1 is 1.38 bits per heavy atom. The van der Waals surface area contributed by atoms with Crippen molar-refractivity contribution >= 4 is 15.8 Å². The molecule has 0 spiro atoms. The summed E-state index contributed by atoms with van der Waals surface area (Å²) in [5, 5.41) is 15.0. The second-order valence-corrected chi connectivity index (χ2v) is 9.73. The zero-order valence-corrected chi connectivity index (χ0v) is 17.7. The normalized spacial score (nSPS) is 19.2. The zero-order chi connectivity index (χ0) is 21.5. The molecule has 0 unspecified atom stereocenters. The van der Waals surface area contributed by atoms with Crippen molar-refractivity contribution < 1.29 is 23.1 Å². The van der Waals surface area contributed by atoms with E-state index in [1.807, 2.05) is 0 Å². The molecule has 1 aliphatic rings. The van der Waals surface area contributed by atoms with Gasteiger partial charge in [0.2, 0.25) is 0 Å². The molecule has 10 heteroatoms. The van der Waals surface area contributed by atoms with Gasteiger partial charge in [-0.2, -0.15) is 5.10 Å². The number of nitrogens with zero attached hydrogens (tertiary/aromatic N) is 2. The van der Waals surface area contributed by atoms with Gasteiger partial charge < -0.3 is 14.8 Å². The molecule has 9 nitrogen and oxygen atoms in total. The van der Waals surface area contributed by atoms with Crippen LogP contribution in [0.5, 0.6) is 5.75 Å². The minimum Gasteiger partial charge on any atom is -0.507 e. The van der Waals surface area contributed by atoms with E-state index in [0.717, 1.165) is 0 Å². The predicted molar refractivity (Wildman–Crippen MR) is 106 cm³/mol. The van der Waals surface area contributed by atoms with Crippen LogP contribution >= 0.6 is 0 Å². The molecule has 158 valence electrons. The Morgan fingerprint density at radius 3 is 2.62 bits per heavy atom. The van der Waals surface area contributed by atoms with Gasteiger partial charge in [0.05, 0.1) is 42.3 Å². The number of rotatable bonds is 5. The molecule has 0 amide bonds. The highest BCUT2D eigenvalue weighted by atomic mass is 32.2. The first-order valence-corrected chi connectivity index (χ1v) is 11.1. The highest BCUT2D eigenvalue weighted by Gasteiger charge is 2.34. The smallest absolute Gasteiger partial charge is 0.306 e. The van der Waals surface area contributed by atoms with Gasteiger partial charge in [0.15, 0.2) is 9.84 Å². The lowest BCUT2D eigenvalue weighted by atomic mass is 9.87. The topological polar surface area (TPSA) is 131 Å². The van der Waals surface area contributed by atoms with Crippen LogP contribution in [0.3, 0.4) is 0 Å². The number of esters is 1. The van der Waals surface area contributed by atoms with Crippen LogP contribution in [0.1, 0.15) is 53.0 Å². The molecule has 3 heterocycles. The number of aryl methyl sites for hydroxylation is 2. The van der Waals surface area contributed by atoms with Crippen LogP contribution in [0.4, 0.5) is 0 Å². The van der Waals surface area contributed by atoms with Crippen molar-refractivity contribution in [3.8, 4) is 5.75 Å². The van der Waals surface area contributed by atoms with Crippen molar-refractivity contribution in [1.82, 2.24) is 14.8 Å². The molecule has 2 aromatic rings. The molecule has 3 rings (SSSR count). The Labute approximate surface area is 168 Å². The Bertz CT molecular complexity index is 1120. The number of hydrogen-bond donors (Lipinski definition) is 2. The predicted octanol–water partition coefficient (Wildman–Crippen LogP) is 1.26. The molecular weight excluding hydrogens is 398 g/mol. The number of hydrogen-bond acceptors (Lipinski definition) is 7. The number of aromatic nitrogens is 3. The van der Waals surface area contributed by atoms with Crippen LogP contribution in [-0.4, -0.2) is 52.9 Å². The Kier molecular flexibility index (Phi) is 5.57. The number of sulfone groups is 1. The largest absolute Gasteiger partial charge is 0.507 e. The number of nitrogens with one attached hydrogen (secondary N) is 1. The van der Waals surface area contributed by atoms with Crippen LogP contribution < -0.4 is 5.56 Å². The fraction of sp³-hybridized carbons (Fsp3) is 0.526. The van der Waals surface area contributed by atoms with Crippen molar-refractivity contribution in [2.45, 2.75) is 45.6 Å². The fourth-order valence-electron chi connectivity index (χ4n) is 4.12. The number of methoxy groups -OCH3 is 1. The Balaban J connectivity index is 2.15. The van der Waals surface area contributed by atoms with Crippen LogP contribution in [0, 0.1) is 20.8 Å². The molecule has 2 atom stereocenters. The highest BCUT2D eigenvalue weighted by molar-refractivity contribution is 7.91. The molecule has 0 bridgehead atoms. The molecule has 0 radical (unpaired) electrons. The summed E-state index contributed by atoms with van der Waals surface area (Å²) in [6.45, 7) is 5.17. The Morgan fingerprint density at radius 2 is 2.07 bits per heavy atom. The lowest BCUT2D eigenvalue weighted by Crippen LogP contribution is -2.22. The van der Waals surface area contributed by atoms with Crippen LogP contribution in [0.25, 0.3) is 0 Å². The maximum absolute atomic E-state index is 12.6. The molecule has 1 fully saturated rings. The fourth-order valence-corrected chi connectivity index (χ4v) is 5.81. The van der Waals surface area contributed by atoms with Crippen molar-refractivity contribution in [2.75, 3.05) is 18.6 Å². The first-order valence-electron chi connectivity index (χ1n) is 9.29. The molecule has 2 N–H and O–H groups in total. The van der Waals surface area contributed by atoms with E-state index >= 15 is 0 Å². The van der Waals surface area contributed by atoms with Crippen molar-refractivity contribution in [3.05, 3.63) is 44.6 Å². The van der Waals surface area contributed by atoms with Crippen molar-refractivity contribution in [3.63, 3.8) is 0 Å². The number of pyridine rings is 1. The summed E-state index contributed by atoms with van der Waals surface area (Å²) < 4.78 is 30.3. The second kappa shape index (κ2) is 7.66. The standard InChI is InChI=1S/C19H25N3O6S/c1-10-7-15(23)18(19(25)20-10)14(8-16(24)28-4)17-11(2)21-22(12(17)3)13-5-6-29(26,27)9-13/h7,13-14H,5-6,8-9H2,1-4H3,(H2,20,23,25)/t13-,14+/m1/s1. The van der Waals surface area contributed by atoms with E-state index in [-0.39, 0.29) is 35.3 Å². The molecular formula is C19H25N3O6S. The van der Waals surface area contributed by atoms with Gasteiger partial charge in [0.25, 0.3) is 5.56 Å². The average Bonchev–Trinajstić information content (AvgIpc) is 3.11. The van der Waals surface area contributed by atoms with E-state index in [4.69, 9.17) is 4.74 Å². The third-order valence-electron chi connectivity index (χ3n) is 5.42. The third-order valence-corrected chi connectivity index (χ3v) is 7.17. The minimum absolute atomic E-state index is 0.00638. The zero-order valence-electron chi connectivity index (χ0n) is 16.9. The molecule has 0 aliphatic carbocycles. The third kappa shape index (κ3) is 4.07. The van der Waals surface area contributed by atoms with E-state index in [1.54, 1.807) is 25.5 Å². The summed E-state index contributed by atoms with van der Waals surface area (Å²) in [7, 11) is -1.85. The van der Waals surface area contributed by atoms with Gasteiger partial charge >= 0.3 is 5.97 Å². The van der Waals surface area contributed by atoms with Crippen LogP contribution in [0.15, 0.2) is 10.9 Å². The summed E-state index contributed by atoms with van der Waals surface area (Å²) in [6.07, 6.45) is 0.300. The highest BCUT2D eigenvalue weighted by Crippen LogP contribution is 2.37. The summed E-state index contributed by atoms with van der Waals surface area (Å²) >= 11 is 0. The summed E-state index contributed by atoms with van der Waals surface area (Å²) in [5.74, 6) is -1.42. The van der Waals surface area contributed by atoms with Gasteiger partial charge in [-0.15, -0.1) is 0 Å². The Hall–Kier alpha value is -2.62. The number of carbonyl (C=O) groups is 1. The number of aromatic amines is 1. The van der Waals surface area contributed by atoms with Gasteiger partial charge in [0, 0.05) is 22.9 Å². The van der Waals surface area contributed by atoms with E-state index in [1.165, 1.54) is 13.2 Å². The lowest BCUT2D eigenvalue weighted by Gasteiger charge is -2.19. The van der Waals surface area contributed by atoms with Gasteiger partial charge in [0.1, 0.15) is 5.75 Å². The van der Waals surface area contributed by atoms with Crippen molar-refractivity contribution in [2.24, 2.45) is 0 Å². The SMILES string of the molecule is COC(=O)C[C@@H](c1c(C)nn([C@@H]2CCS(=O)(=O)C2)c1C)c1c(O)cc(C)[nH]c1=O. The van der Waals surface area contributed by atoms with Gasteiger partial charge in [-0.25, -0.2) is 8.42 Å². The van der Waals surface area contributed by atoms with Crippen LogP contribution in [-0.2, 0) is 19.4 Å². The number of ether oxygens (including phenoxy) is 1. The lowest BCUT2D eigenvalue weighted by molar-refractivity contribution is -0.140. The average molecular weight is 423 g/mol. The maximum Gasteiger partial charge on any atom is 0.306 e. The molecule has 0 aromatic carbocycles. The first kappa shape index (κ1) is 21.1. The van der Waals surface area contributed by atoms with Gasteiger partial charge in [-0.1, -0.05) is 0 Å². The monoisotopic (exact) mass is 423 g/mol. The van der Waals surface area contributed by atoms with Crippen molar-refractivity contribution in [1.29, 1.82) is 0 Å². The van der Waals surface area contributed by atoms with E-state index < -0.39 is 27.3 Å². The van der Waals surface area contributed by atoms with E-state index in [0.29, 0.717) is 29.1 Å².